The van der Waals surface area contributed by atoms with Crippen LogP contribution in [0.2, 0.25) is 0 Å². The molecule has 1 amide bonds. The van der Waals surface area contributed by atoms with Crippen molar-refractivity contribution in [3.05, 3.63) is 86.7 Å². The monoisotopic (exact) mass is 379 g/mol. The van der Waals surface area contributed by atoms with Crippen LogP contribution in [0.5, 0.6) is 5.75 Å². The van der Waals surface area contributed by atoms with Crippen LogP contribution < -0.4 is 21.3 Å². The number of ether oxygens (including phenoxy) is 1. The van der Waals surface area contributed by atoms with Crippen molar-refractivity contribution in [1.29, 1.82) is 0 Å². The van der Waals surface area contributed by atoms with Crippen LogP contribution >= 0.6 is 0 Å². The molecule has 3 aromatic rings. The standard InChI is InChI=1S/C21H21N3O4/c1-13(2)14-7-9-15(10-8-14)23-19(25)18-12-22-21(27)24(20(18)26)16-5-4-6-17(11-16)28-3/h4-13H,1-3H3,(H,22,27)(H,23,25). The number of hydrogen-bond acceptors (Lipinski definition) is 4. The first kappa shape index (κ1) is 19.2. The summed E-state index contributed by atoms with van der Waals surface area (Å²) in [6.45, 7) is 4.16. The van der Waals surface area contributed by atoms with Gasteiger partial charge in [0.1, 0.15) is 11.3 Å². The van der Waals surface area contributed by atoms with Crippen LogP contribution in [0.1, 0.15) is 35.7 Å². The zero-order chi connectivity index (χ0) is 20.3. The molecule has 0 aliphatic heterocycles. The molecule has 0 bridgehead atoms. The SMILES string of the molecule is COc1cccc(-n2c(=O)[nH]cc(C(=O)Nc3ccc(C(C)C)cc3)c2=O)c1. The number of carbonyl (C=O) groups excluding carboxylic acids is 1. The topological polar surface area (TPSA) is 93.2 Å². The Morgan fingerprint density at radius 2 is 1.82 bits per heavy atom. The van der Waals surface area contributed by atoms with E-state index < -0.39 is 17.2 Å². The fraction of sp³-hybridized carbons (Fsp3) is 0.190. The second-order valence-electron chi connectivity index (χ2n) is 6.58. The predicted octanol–water partition coefficient (Wildman–Crippen LogP) is 2.91. The summed E-state index contributed by atoms with van der Waals surface area (Å²) in [6, 6.07) is 13.9. The summed E-state index contributed by atoms with van der Waals surface area (Å²) in [5.74, 6) is 0.262. The molecule has 3 rings (SSSR count). The molecule has 28 heavy (non-hydrogen) atoms. The Morgan fingerprint density at radius 3 is 2.46 bits per heavy atom. The number of H-pyrrole nitrogens is 1. The first-order chi connectivity index (χ1) is 13.4. The number of nitrogens with zero attached hydrogens (tertiary/aromatic N) is 1. The normalized spacial score (nSPS) is 10.7. The van der Waals surface area contributed by atoms with Crippen LogP contribution in [-0.4, -0.2) is 22.6 Å². The summed E-state index contributed by atoms with van der Waals surface area (Å²) in [5.41, 5.74) is 0.483. The van der Waals surface area contributed by atoms with Crippen molar-refractivity contribution in [3.63, 3.8) is 0 Å². The molecular weight excluding hydrogens is 358 g/mol. The minimum atomic E-state index is -0.715. The minimum absolute atomic E-state index is 0.171. The Morgan fingerprint density at radius 1 is 1.11 bits per heavy atom. The van der Waals surface area contributed by atoms with E-state index in [0.717, 1.165) is 16.3 Å². The molecule has 0 aliphatic carbocycles. The smallest absolute Gasteiger partial charge is 0.333 e. The number of aromatic amines is 1. The van der Waals surface area contributed by atoms with E-state index in [1.54, 1.807) is 36.4 Å². The van der Waals surface area contributed by atoms with E-state index in [0.29, 0.717) is 23.0 Å². The first-order valence-electron chi connectivity index (χ1n) is 8.81. The quantitative estimate of drug-likeness (QED) is 0.713. The fourth-order valence-corrected chi connectivity index (χ4v) is 2.77. The molecule has 0 fully saturated rings. The Balaban J connectivity index is 1.95. The van der Waals surface area contributed by atoms with Gasteiger partial charge >= 0.3 is 5.69 Å². The molecule has 0 atom stereocenters. The van der Waals surface area contributed by atoms with Gasteiger partial charge in [0.25, 0.3) is 11.5 Å². The zero-order valence-corrected chi connectivity index (χ0v) is 15.9. The molecule has 1 heterocycles. The van der Waals surface area contributed by atoms with Gasteiger partial charge in [0.2, 0.25) is 0 Å². The molecule has 1 aromatic heterocycles. The summed E-state index contributed by atoms with van der Waals surface area (Å²) in [4.78, 5) is 40.1. The molecule has 0 radical (unpaired) electrons. The Bertz CT molecular complexity index is 1110. The molecule has 2 N–H and O–H groups in total. The van der Waals surface area contributed by atoms with Crippen LogP contribution in [0, 0.1) is 0 Å². The molecule has 0 aliphatic rings. The number of hydrogen-bond donors (Lipinski definition) is 2. The van der Waals surface area contributed by atoms with Crippen LogP contribution in [0.3, 0.4) is 0 Å². The molecule has 144 valence electrons. The number of nitrogens with one attached hydrogen (secondary N) is 2. The minimum Gasteiger partial charge on any atom is -0.497 e. The van der Waals surface area contributed by atoms with Crippen LogP contribution in [0.25, 0.3) is 5.69 Å². The average molecular weight is 379 g/mol. The van der Waals surface area contributed by atoms with E-state index in [1.165, 1.54) is 7.11 Å². The van der Waals surface area contributed by atoms with E-state index in [-0.39, 0.29) is 5.56 Å². The second-order valence-corrected chi connectivity index (χ2v) is 6.58. The lowest BCUT2D eigenvalue weighted by Crippen LogP contribution is -2.38. The van der Waals surface area contributed by atoms with Crippen LogP contribution in [0.4, 0.5) is 5.69 Å². The van der Waals surface area contributed by atoms with Gasteiger partial charge in [-0.15, -0.1) is 0 Å². The van der Waals surface area contributed by atoms with Gasteiger partial charge in [0, 0.05) is 18.0 Å². The number of amides is 1. The van der Waals surface area contributed by atoms with Gasteiger partial charge in [0.15, 0.2) is 0 Å². The molecule has 0 saturated carbocycles. The molecule has 0 spiro atoms. The van der Waals surface area contributed by atoms with E-state index in [4.69, 9.17) is 4.74 Å². The van der Waals surface area contributed by atoms with Crippen molar-refractivity contribution in [1.82, 2.24) is 9.55 Å². The van der Waals surface area contributed by atoms with Gasteiger partial charge in [-0.3, -0.25) is 9.59 Å². The van der Waals surface area contributed by atoms with Gasteiger partial charge < -0.3 is 15.0 Å². The second kappa shape index (κ2) is 7.96. The van der Waals surface area contributed by atoms with Crippen molar-refractivity contribution in [2.45, 2.75) is 19.8 Å². The van der Waals surface area contributed by atoms with Gasteiger partial charge in [-0.2, -0.15) is 0 Å². The maximum Gasteiger partial charge on any atom is 0.333 e. The van der Waals surface area contributed by atoms with Crippen LogP contribution in [-0.2, 0) is 0 Å². The molecule has 0 saturated heterocycles. The summed E-state index contributed by atoms with van der Waals surface area (Å²) in [5, 5.41) is 2.69. The predicted molar refractivity (Wildman–Crippen MR) is 108 cm³/mol. The summed E-state index contributed by atoms with van der Waals surface area (Å²) in [6.07, 6.45) is 1.12. The van der Waals surface area contributed by atoms with E-state index in [2.05, 4.69) is 24.1 Å². The largest absolute Gasteiger partial charge is 0.497 e. The summed E-state index contributed by atoms with van der Waals surface area (Å²) < 4.78 is 6.03. The maximum absolute atomic E-state index is 12.8. The van der Waals surface area contributed by atoms with Crippen molar-refractivity contribution in [2.24, 2.45) is 0 Å². The molecule has 2 aromatic carbocycles. The number of anilines is 1. The first-order valence-corrected chi connectivity index (χ1v) is 8.81. The van der Waals surface area contributed by atoms with Crippen molar-refractivity contribution in [3.8, 4) is 11.4 Å². The lowest BCUT2D eigenvalue weighted by molar-refractivity contribution is 0.102. The summed E-state index contributed by atoms with van der Waals surface area (Å²) in [7, 11) is 1.49. The highest BCUT2D eigenvalue weighted by molar-refractivity contribution is 6.03. The average Bonchev–Trinajstić information content (AvgIpc) is 2.68. The van der Waals surface area contributed by atoms with E-state index in [1.807, 2.05) is 12.1 Å². The van der Waals surface area contributed by atoms with Gasteiger partial charge in [-0.1, -0.05) is 32.0 Å². The molecule has 7 heteroatoms. The number of aromatic nitrogens is 2. The third-order valence-corrected chi connectivity index (χ3v) is 4.37. The number of carbonyl (C=O) groups is 1. The summed E-state index contributed by atoms with van der Waals surface area (Å²) >= 11 is 0. The van der Waals surface area contributed by atoms with Crippen LogP contribution in [0.15, 0.2) is 64.3 Å². The van der Waals surface area contributed by atoms with Gasteiger partial charge in [0.05, 0.1) is 12.8 Å². The molecule has 0 unspecified atom stereocenters. The molecular formula is C21H21N3O4. The molecule has 7 nitrogen and oxygen atoms in total. The van der Waals surface area contributed by atoms with Crippen molar-refractivity contribution in [2.75, 3.05) is 12.4 Å². The number of benzene rings is 2. The fourth-order valence-electron chi connectivity index (χ4n) is 2.77. The third kappa shape index (κ3) is 3.88. The third-order valence-electron chi connectivity index (χ3n) is 4.37. The Hall–Kier alpha value is -3.61. The zero-order valence-electron chi connectivity index (χ0n) is 15.9. The van der Waals surface area contributed by atoms with Crippen molar-refractivity contribution < 1.29 is 9.53 Å². The van der Waals surface area contributed by atoms with E-state index >= 15 is 0 Å². The van der Waals surface area contributed by atoms with E-state index in [9.17, 15) is 14.4 Å². The number of rotatable bonds is 5. The highest BCUT2D eigenvalue weighted by atomic mass is 16.5. The Kier molecular flexibility index (Phi) is 5.44. The number of methoxy groups -OCH3 is 1. The Labute approximate surface area is 161 Å². The highest BCUT2D eigenvalue weighted by Gasteiger charge is 2.16. The lowest BCUT2D eigenvalue weighted by Gasteiger charge is -2.10. The maximum atomic E-state index is 12.8. The van der Waals surface area contributed by atoms with Gasteiger partial charge in [-0.25, -0.2) is 9.36 Å². The van der Waals surface area contributed by atoms with Crippen molar-refractivity contribution >= 4 is 11.6 Å². The lowest BCUT2D eigenvalue weighted by atomic mass is 10.0. The highest BCUT2D eigenvalue weighted by Crippen LogP contribution is 2.17. The van der Waals surface area contributed by atoms with Gasteiger partial charge in [-0.05, 0) is 35.7 Å².